The highest BCUT2D eigenvalue weighted by Gasteiger charge is 2.14. The smallest absolute Gasteiger partial charge is 0.268 e. The lowest BCUT2D eigenvalue weighted by Crippen LogP contribution is -2.13. The number of ether oxygens (including phenoxy) is 3. The number of nitriles is 1. The SMILES string of the molecule is COc1cc(/C=C(/C#N)C(=O)Nc2nnc(Cc3ccccc3)s2)ccc1OCCOc1cccc(C)c1. The average Bonchev–Trinajstić information content (AvgIpc) is 3.37. The second-order valence-electron chi connectivity index (χ2n) is 8.21. The predicted octanol–water partition coefficient (Wildman–Crippen LogP) is 5.45. The van der Waals surface area contributed by atoms with E-state index < -0.39 is 5.91 Å². The van der Waals surface area contributed by atoms with Crippen LogP contribution in [0.1, 0.15) is 21.7 Å². The highest BCUT2D eigenvalue weighted by molar-refractivity contribution is 7.15. The number of methoxy groups -OCH3 is 1. The maximum Gasteiger partial charge on any atom is 0.268 e. The van der Waals surface area contributed by atoms with Crippen LogP contribution in [0.3, 0.4) is 0 Å². The van der Waals surface area contributed by atoms with Crippen molar-refractivity contribution in [3.05, 3.63) is 100 Å². The Balaban J connectivity index is 1.35. The van der Waals surface area contributed by atoms with Gasteiger partial charge in [-0.1, -0.05) is 59.9 Å². The standard InChI is InChI=1S/C29H26N4O4S/c1-20-7-6-10-24(15-20)36-13-14-37-25-12-11-22(17-26(25)35-2)16-23(19-30)28(34)31-29-33-32-27(38-29)18-21-8-4-3-5-9-21/h3-12,15-17H,13-14,18H2,1-2H3,(H,31,33,34)/b23-16-. The lowest BCUT2D eigenvalue weighted by molar-refractivity contribution is -0.112. The Hall–Kier alpha value is -4.68. The summed E-state index contributed by atoms with van der Waals surface area (Å²) in [5, 5.41) is 21.5. The van der Waals surface area contributed by atoms with Crippen LogP contribution in [-0.4, -0.2) is 36.4 Å². The van der Waals surface area contributed by atoms with E-state index in [-0.39, 0.29) is 5.57 Å². The zero-order chi connectivity index (χ0) is 26.7. The topological polar surface area (TPSA) is 106 Å². The van der Waals surface area contributed by atoms with Crippen LogP contribution in [0.4, 0.5) is 5.13 Å². The van der Waals surface area contributed by atoms with E-state index in [4.69, 9.17) is 14.2 Å². The summed E-state index contributed by atoms with van der Waals surface area (Å²) in [5.74, 6) is 1.22. The van der Waals surface area contributed by atoms with Crippen molar-refractivity contribution in [1.82, 2.24) is 10.2 Å². The number of benzene rings is 3. The third-order valence-electron chi connectivity index (χ3n) is 5.35. The van der Waals surface area contributed by atoms with Gasteiger partial charge in [-0.15, -0.1) is 10.2 Å². The number of carbonyl (C=O) groups excluding carboxylic acids is 1. The van der Waals surface area contributed by atoms with E-state index in [0.29, 0.717) is 41.8 Å². The molecular weight excluding hydrogens is 500 g/mol. The van der Waals surface area contributed by atoms with E-state index in [2.05, 4.69) is 15.5 Å². The van der Waals surface area contributed by atoms with Crippen molar-refractivity contribution in [2.75, 3.05) is 25.6 Å². The number of nitrogens with one attached hydrogen (secondary N) is 1. The number of hydrogen-bond donors (Lipinski definition) is 1. The molecule has 0 aliphatic rings. The number of rotatable bonds is 11. The van der Waals surface area contributed by atoms with E-state index in [1.807, 2.05) is 67.6 Å². The van der Waals surface area contributed by atoms with Crippen molar-refractivity contribution in [3.8, 4) is 23.3 Å². The molecule has 38 heavy (non-hydrogen) atoms. The van der Waals surface area contributed by atoms with Crippen molar-refractivity contribution >= 4 is 28.5 Å². The maximum absolute atomic E-state index is 12.7. The molecule has 0 unspecified atom stereocenters. The van der Waals surface area contributed by atoms with Gasteiger partial charge in [0.1, 0.15) is 35.6 Å². The summed E-state index contributed by atoms with van der Waals surface area (Å²) in [7, 11) is 1.53. The Labute approximate surface area is 225 Å². The Morgan fingerprint density at radius 2 is 1.82 bits per heavy atom. The Morgan fingerprint density at radius 1 is 1.00 bits per heavy atom. The fourth-order valence-electron chi connectivity index (χ4n) is 3.54. The monoisotopic (exact) mass is 526 g/mol. The second kappa shape index (κ2) is 13.0. The first-order valence-electron chi connectivity index (χ1n) is 11.8. The van der Waals surface area contributed by atoms with Crippen LogP contribution < -0.4 is 19.5 Å². The van der Waals surface area contributed by atoms with Gasteiger partial charge in [-0.2, -0.15) is 5.26 Å². The van der Waals surface area contributed by atoms with E-state index in [9.17, 15) is 10.1 Å². The number of carbonyl (C=O) groups is 1. The van der Waals surface area contributed by atoms with Gasteiger partial charge in [-0.05, 0) is 54.0 Å². The number of anilines is 1. The number of aromatic nitrogens is 2. The van der Waals surface area contributed by atoms with Gasteiger partial charge in [0.2, 0.25) is 5.13 Å². The van der Waals surface area contributed by atoms with Crippen molar-refractivity contribution in [3.63, 3.8) is 0 Å². The van der Waals surface area contributed by atoms with Crippen LogP contribution in [0.15, 0.2) is 78.4 Å². The van der Waals surface area contributed by atoms with Crippen LogP contribution in [-0.2, 0) is 11.2 Å². The summed E-state index contributed by atoms with van der Waals surface area (Å²) in [6.07, 6.45) is 2.09. The van der Waals surface area contributed by atoms with E-state index in [1.54, 1.807) is 18.2 Å². The van der Waals surface area contributed by atoms with Gasteiger partial charge in [-0.3, -0.25) is 10.1 Å². The lowest BCUT2D eigenvalue weighted by atomic mass is 10.1. The molecule has 192 valence electrons. The van der Waals surface area contributed by atoms with Crippen molar-refractivity contribution in [2.45, 2.75) is 13.3 Å². The first-order chi connectivity index (χ1) is 18.5. The molecule has 1 N–H and O–H groups in total. The molecule has 3 aromatic carbocycles. The van der Waals surface area contributed by atoms with Crippen molar-refractivity contribution in [2.24, 2.45) is 0 Å². The van der Waals surface area contributed by atoms with Gasteiger partial charge in [0, 0.05) is 6.42 Å². The number of aryl methyl sites for hydroxylation is 1. The quantitative estimate of drug-likeness (QED) is 0.157. The summed E-state index contributed by atoms with van der Waals surface area (Å²) in [5.41, 5.74) is 2.75. The first kappa shape index (κ1) is 26.4. The lowest BCUT2D eigenvalue weighted by Gasteiger charge is -2.12. The van der Waals surface area contributed by atoms with Crippen LogP contribution >= 0.6 is 11.3 Å². The van der Waals surface area contributed by atoms with Gasteiger partial charge < -0.3 is 14.2 Å². The van der Waals surface area contributed by atoms with Crippen molar-refractivity contribution < 1.29 is 19.0 Å². The van der Waals surface area contributed by atoms with Crippen LogP contribution in [0.25, 0.3) is 6.08 Å². The molecular formula is C29H26N4O4S. The minimum absolute atomic E-state index is 0.0768. The van der Waals surface area contributed by atoms with E-state index >= 15 is 0 Å². The first-order valence-corrected chi connectivity index (χ1v) is 12.7. The van der Waals surface area contributed by atoms with Gasteiger partial charge in [0.05, 0.1) is 7.11 Å². The molecule has 9 heteroatoms. The molecule has 1 amide bonds. The fraction of sp³-hybridized carbons (Fsp3) is 0.172. The van der Waals surface area contributed by atoms with Crippen molar-refractivity contribution in [1.29, 1.82) is 5.26 Å². The number of hydrogen-bond acceptors (Lipinski definition) is 8. The molecule has 8 nitrogen and oxygen atoms in total. The normalized spacial score (nSPS) is 10.9. The summed E-state index contributed by atoms with van der Waals surface area (Å²) < 4.78 is 17.0. The summed E-state index contributed by atoms with van der Waals surface area (Å²) in [6.45, 7) is 2.69. The van der Waals surface area contributed by atoms with Crippen LogP contribution in [0.5, 0.6) is 17.2 Å². The third kappa shape index (κ3) is 7.41. The minimum Gasteiger partial charge on any atom is -0.493 e. The number of amides is 1. The Bertz CT molecular complexity index is 1460. The molecule has 4 rings (SSSR count). The van der Waals surface area contributed by atoms with E-state index in [0.717, 1.165) is 21.9 Å². The molecule has 0 aliphatic heterocycles. The zero-order valence-corrected chi connectivity index (χ0v) is 21.8. The molecule has 0 fully saturated rings. The van der Waals surface area contributed by atoms with Gasteiger partial charge >= 0.3 is 0 Å². The van der Waals surface area contributed by atoms with Crippen LogP contribution in [0.2, 0.25) is 0 Å². The average molecular weight is 527 g/mol. The number of nitrogens with zero attached hydrogens (tertiary/aromatic N) is 3. The molecule has 0 radical (unpaired) electrons. The molecule has 4 aromatic rings. The predicted molar refractivity (Wildman–Crippen MR) is 147 cm³/mol. The Morgan fingerprint density at radius 3 is 2.58 bits per heavy atom. The minimum atomic E-state index is -0.567. The molecule has 0 atom stereocenters. The molecule has 0 bridgehead atoms. The summed E-state index contributed by atoms with van der Waals surface area (Å²) in [6, 6.07) is 24.8. The molecule has 0 spiro atoms. The van der Waals surface area contributed by atoms with Gasteiger partial charge in [0.15, 0.2) is 11.5 Å². The molecule has 1 aromatic heterocycles. The highest BCUT2D eigenvalue weighted by atomic mass is 32.1. The van der Waals surface area contributed by atoms with Gasteiger partial charge in [-0.25, -0.2) is 0 Å². The highest BCUT2D eigenvalue weighted by Crippen LogP contribution is 2.29. The Kier molecular flexibility index (Phi) is 9.05. The zero-order valence-electron chi connectivity index (χ0n) is 21.0. The summed E-state index contributed by atoms with van der Waals surface area (Å²) in [4.78, 5) is 12.7. The third-order valence-corrected chi connectivity index (χ3v) is 6.19. The maximum atomic E-state index is 12.7. The van der Waals surface area contributed by atoms with Gasteiger partial charge in [0.25, 0.3) is 5.91 Å². The largest absolute Gasteiger partial charge is 0.493 e. The molecule has 0 aliphatic carbocycles. The van der Waals surface area contributed by atoms with E-state index in [1.165, 1.54) is 24.5 Å². The fourth-order valence-corrected chi connectivity index (χ4v) is 4.30. The second-order valence-corrected chi connectivity index (χ2v) is 9.27. The molecule has 0 saturated heterocycles. The van der Waals surface area contributed by atoms with Crippen LogP contribution in [0, 0.1) is 18.3 Å². The molecule has 1 heterocycles. The summed E-state index contributed by atoms with van der Waals surface area (Å²) >= 11 is 1.27. The molecule has 0 saturated carbocycles.